The number of hydrogen-bond donors (Lipinski definition) is 1. The number of benzene rings is 1. The highest BCUT2D eigenvalue weighted by atomic mass is 32.2. The van der Waals surface area contributed by atoms with Crippen LogP contribution in [-0.4, -0.2) is 75.4 Å². The molecule has 0 heterocycles. The number of alkyl halides is 12. The maximum absolute atomic E-state index is 14.2. The summed E-state index contributed by atoms with van der Waals surface area (Å²) < 4.78 is 241. The molecule has 0 spiro atoms. The molecule has 1 aromatic carbocycles. The van der Waals surface area contributed by atoms with Gasteiger partial charge in [0.15, 0.2) is 0 Å². The van der Waals surface area contributed by atoms with E-state index in [-0.39, 0.29) is 24.3 Å². The molecule has 0 fully saturated rings. The van der Waals surface area contributed by atoms with Crippen molar-refractivity contribution >= 4 is 41.6 Å². The van der Waals surface area contributed by atoms with Gasteiger partial charge in [-0.3, -0.25) is 14.1 Å². The zero-order chi connectivity index (χ0) is 31.4. The highest BCUT2D eigenvalue weighted by Crippen LogP contribution is 2.53. The van der Waals surface area contributed by atoms with Gasteiger partial charge in [-0.15, -0.1) is 0 Å². The number of hydrogen-bond acceptors (Lipinski definition) is 9. The van der Waals surface area contributed by atoms with Gasteiger partial charge in [0, 0.05) is 0 Å². The van der Waals surface area contributed by atoms with E-state index in [0.29, 0.717) is 0 Å². The predicted octanol–water partition coefficient (Wildman–Crippen LogP) is 2.51. The van der Waals surface area contributed by atoms with Crippen molar-refractivity contribution in [2.75, 3.05) is 0 Å². The van der Waals surface area contributed by atoms with Gasteiger partial charge >= 0.3 is 38.9 Å². The maximum Gasteiger partial charge on any atom is 0.451 e. The molecule has 0 saturated carbocycles. The monoisotopic (exact) mass is 658 g/mol. The third-order valence-electron chi connectivity index (χ3n) is 4.08. The molecule has 224 valence electrons. The van der Waals surface area contributed by atoms with Crippen molar-refractivity contribution in [3.63, 3.8) is 0 Å². The maximum atomic E-state index is 14.2. The van der Waals surface area contributed by atoms with E-state index in [2.05, 4.69) is 4.18 Å². The van der Waals surface area contributed by atoms with Crippen molar-refractivity contribution in [2.45, 2.75) is 38.9 Å². The highest BCUT2D eigenvalue weighted by molar-refractivity contribution is 7.94. The van der Waals surface area contributed by atoms with Crippen LogP contribution in [0, 0.1) is 0 Å². The van der Waals surface area contributed by atoms with E-state index < -0.39 is 86.3 Å². The first-order valence-corrected chi connectivity index (χ1v) is 12.9. The molecule has 0 aromatic heterocycles. The third kappa shape index (κ3) is 6.08. The molecule has 1 aromatic rings. The lowest BCUT2D eigenvalue weighted by atomic mass is 10.2. The van der Waals surface area contributed by atoms with E-state index in [1.165, 1.54) is 0 Å². The number of carbonyl (C=O) groups excluding carboxylic acids is 2. The largest absolute Gasteiger partial charge is 0.451 e. The molecule has 0 radical (unpaired) electrons. The van der Waals surface area contributed by atoms with E-state index in [4.69, 9.17) is 4.55 Å². The first-order chi connectivity index (χ1) is 16.9. The number of sulfone groups is 1. The van der Waals surface area contributed by atoms with Crippen LogP contribution in [-0.2, 0) is 39.7 Å². The normalized spacial score (nSPS) is 14.8. The third-order valence-corrected chi connectivity index (χ3v) is 8.26. The summed E-state index contributed by atoms with van der Waals surface area (Å²) in [6.07, 6.45) is -13.9. The van der Waals surface area contributed by atoms with Crippen LogP contribution in [0.15, 0.2) is 29.2 Å². The second-order valence-corrected chi connectivity index (χ2v) is 11.8. The van der Waals surface area contributed by atoms with Crippen LogP contribution >= 0.6 is 0 Å². The molecule has 1 N–H and O–H groups in total. The fraction of sp³-hybridized carbons (Fsp3) is 0.429. The van der Waals surface area contributed by atoms with Crippen molar-refractivity contribution in [1.29, 1.82) is 0 Å². The Morgan fingerprint density at radius 1 is 0.667 bits per heavy atom. The minimum absolute atomic E-state index is 0.0176. The summed E-state index contributed by atoms with van der Waals surface area (Å²) in [5.74, 6) is -18.8. The molecule has 0 aliphatic heterocycles. The SMILES string of the molecule is O=C(C(C(=O)C(F)(F)F)S(=O)(=O)C(F)(F)C(F)(F)C(F)(F)S(=O)(=O)Oc1ccc(S(=O)(=O)O)cc1)C(F)(F)F. The molecule has 0 atom stereocenters. The van der Waals surface area contributed by atoms with E-state index in [1.807, 2.05) is 0 Å². The lowest BCUT2D eigenvalue weighted by molar-refractivity contribution is -0.245. The minimum Gasteiger partial charge on any atom is -0.378 e. The van der Waals surface area contributed by atoms with Crippen LogP contribution in [0.3, 0.4) is 0 Å². The summed E-state index contributed by atoms with van der Waals surface area (Å²) >= 11 is 0. The molecular weight excluding hydrogens is 652 g/mol. The second-order valence-electron chi connectivity index (χ2n) is 6.74. The Bertz CT molecular complexity index is 1430. The minimum atomic E-state index is -8.68. The number of rotatable bonds is 10. The van der Waals surface area contributed by atoms with Gasteiger partial charge in [-0.05, 0) is 24.3 Å². The average Bonchev–Trinajstić information content (AvgIpc) is 2.71. The molecular formula is C14H6F12O10S3. The van der Waals surface area contributed by atoms with Gasteiger partial charge in [0.1, 0.15) is 5.75 Å². The number of halogens is 12. The summed E-state index contributed by atoms with van der Waals surface area (Å²) in [6, 6.07) is 0.352. The summed E-state index contributed by atoms with van der Waals surface area (Å²) in [6.45, 7) is 0. The zero-order valence-corrected chi connectivity index (χ0v) is 19.7. The predicted molar refractivity (Wildman–Crippen MR) is 95.5 cm³/mol. The van der Waals surface area contributed by atoms with Crippen molar-refractivity contribution in [2.24, 2.45) is 0 Å². The number of ketones is 2. The van der Waals surface area contributed by atoms with Crippen LogP contribution < -0.4 is 4.18 Å². The molecule has 25 heteroatoms. The van der Waals surface area contributed by atoms with E-state index in [0.717, 1.165) is 0 Å². The number of carbonyl (C=O) groups is 2. The van der Waals surface area contributed by atoms with Crippen molar-refractivity contribution in [1.82, 2.24) is 0 Å². The van der Waals surface area contributed by atoms with Gasteiger partial charge in [0.2, 0.25) is 15.1 Å². The fourth-order valence-electron chi connectivity index (χ4n) is 2.20. The lowest BCUT2D eigenvalue weighted by Gasteiger charge is -2.32. The average molecular weight is 658 g/mol. The van der Waals surface area contributed by atoms with Crippen LogP contribution in [0.25, 0.3) is 0 Å². The summed E-state index contributed by atoms with van der Waals surface area (Å²) in [5, 5.41) is -21.5. The quantitative estimate of drug-likeness (QED) is 0.171. The molecule has 10 nitrogen and oxygen atoms in total. The Morgan fingerprint density at radius 3 is 1.33 bits per heavy atom. The van der Waals surface area contributed by atoms with Crippen LogP contribution in [0.5, 0.6) is 5.75 Å². The van der Waals surface area contributed by atoms with Gasteiger partial charge in [-0.2, -0.15) is 69.5 Å². The van der Waals surface area contributed by atoms with Crippen LogP contribution in [0.4, 0.5) is 52.7 Å². The Kier molecular flexibility index (Phi) is 8.59. The summed E-state index contributed by atoms with van der Waals surface area (Å²) in [7, 11) is -21.4. The summed E-state index contributed by atoms with van der Waals surface area (Å²) in [4.78, 5) is 21.0. The Morgan fingerprint density at radius 2 is 1.03 bits per heavy atom. The van der Waals surface area contributed by atoms with Gasteiger partial charge < -0.3 is 4.18 Å². The molecule has 0 bridgehead atoms. The molecule has 0 unspecified atom stereocenters. The van der Waals surface area contributed by atoms with Crippen molar-refractivity contribution in [3.05, 3.63) is 24.3 Å². The number of Topliss-reactive ketones (excluding diaryl/α,β-unsaturated/α-hetero) is 2. The lowest BCUT2D eigenvalue weighted by Crippen LogP contribution is -2.65. The van der Waals surface area contributed by atoms with Gasteiger partial charge in [0.25, 0.3) is 21.7 Å². The smallest absolute Gasteiger partial charge is 0.378 e. The molecule has 0 aliphatic rings. The van der Waals surface area contributed by atoms with Gasteiger partial charge in [-0.25, -0.2) is 8.42 Å². The Hall–Kier alpha value is -2.67. The van der Waals surface area contributed by atoms with E-state index in [1.54, 1.807) is 0 Å². The Labute approximate surface area is 207 Å². The second kappa shape index (κ2) is 9.76. The first kappa shape index (κ1) is 34.4. The Balaban J connectivity index is 3.73. The summed E-state index contributed by atoms with van der Waals surface area (Å²) in [5.41, 5.74) is 0. The van der Waals surface area contributed by atoms with Crippen molar-refractivity contribution in [3.8, 4) is 5.75 Å². The highest BCUT2D eigenvalue weighted by Gasteiger charge is 2.85. The van der Waals surface area contributed by atoms with Crippen LogP contribution in [0.1, 0.15) is 0 Å². The zero-order valence-electron chi connectivity index (χ0n) is 17.3. The fourth-order valence-corrected chi connectivity index (χ4v) is 5.27. The standard InChI is InChI=1S/C14H6F12O10S3/c15-10(16,17)8(27)7(9(28)11(18,19)20)37(29,30)13(23,24)12(21,22)14(25,26)39(34,35)36-5-1-3-6(4-2-5)38(31,32)33/h1-4,7H,(H,31,32,33). The van der Waals surface area contributed by atoms with Crippen LogP contribution in [0.2, 0.25) is 0 Å². The first-order valence-electron chi connectivity index (χ1n) is 8.48. The van der Waals surface area contributed by atoms with E-state index in [9.17, 15) is 87.5 Å². The molecule has 0 amide bonds. The van der Waals surface area contributed by atoms with Gasteiger partial charge in [-0.1, -0.05) is 0 Å². The van der Waals surface area contributed by atoms with E-state index >= 15 is 0 Å². The molecule has 39 heavy (non-hydrogen) atoms. The molecule has 0 aliphatic carbocycles. The molecule has 0 saturated heterocycles. The van der Waals surface area contributed by atoms with Crippen molar-refractivity contribution < 1.29 is 96.3 Å². The topological polar surface area (TPSA) is 166 Å². The molecule has 1 rings (SSSR count). The van der Waals surface area contributed by atoms with Gasteiger partial charge in [0.05, 0.1) is 4.90 Å².